The van der Waals surface area contributed by atoms with Crippen molar-refractivity contribution in [2.75, 3.05) is 6.54 Å². The molecule has 0 N–H and O–H groups in total. The van der Waals surface area contributed by atoms with Gasteiger partial charge < -0.3 is 0 Å². The minimum absolute atomic E-state index is 0.390. The summed E-state index contributed by atoms with van der Waals surface area (Å²) in [4.78, 5) is 14.2. The lowest BCUT2D eigenvalue weighted by molar-refractivity contribution is -0.121. The molecule has 0 spiro atoms. The third-order valence-corrected chi connectivity index (χ3v) is 4.54. The van der Waals surface area contributed by atoms with Crippen LogP contribution in [0.2, 0.25) is 0 Å². The van der Waals surface area contributed by atoms with Crippen LogP contribution in [0.15, 0.2) is 0 Å². The number of carbonyl (C=O) groups excluding carboxylic acids is 1. The Kier molecular flexibility index (Phi) is 4.01. The highest BCUT2D eigenvalue weighted by atomic mass is 16.1. The molecule has 16 heavy (non-hydrogen) atoms. The Morgan fingerprint density at radius 3 is 2.38 bits per heavy atom. The van der Waals surface area contributed by atoms with E-state index < -0.39 is 0 Å². The number of nitrogens with zero attached hydrogens (tertiary/aromatic N) is 1. The van der Waals surface area contributed by atoms with Crippen LogP contribution in [0.3, 0.4) is 0 Å². The van der Waals surface area contributed by atoms with Gasteiger partial charge in [-0.1, -0.05) is 6.42 Å². The monoisotopic (exact) mass is 223 g/mol. The van der Waals surface area contributed by atoms with E-state index >= 15 is 0 Å². The lowest BCUT2D eigenvalue weighted by Gasteiger charge is -2.39. The number of Topliss-reactive ketones (excluding diaryl/α,β-unsaturated/α-hetero) is 1. The second kappa shape index (κ2) is 5.31. The van der Waals surface area contributed by atoms with Gasteiger partial charge in [0.25, 0.3) is 0 Å². The van der Waals surface area contributed by atoms with Crippen LogP contribution in [0, 0.1) is 5.92 Å². The van der Waals surface area contributed by atoms with Gasteiger partial charge in [-0.05, 0) is 52.5 Å². The van der Waals surface area contributed by atoms with Crippen molar-refractivity contribution in [2.24, 2.45) is 5.92 Å². The van der Waals surface area contributed by atoms with Gasteiger partial charge in [0.15, 0.2) is 0 Å². The van der Waals surface area contributed by atoms with Gasteiger partial charge in [0.05, 0.1) is 0 Å². The smallest absolute Gasteiger partial charge is 0.136 e. The van der Waals surface area contributed by atoms with Crippen LogP contribution >= 0.6 is 0 Å². The Hall–Kier alpha value is -0.370. The molecule has 1 heterocycles. The Morgan fingerprint density at radius 1 is 1.12 bits per heavy atom. The summed E-state index contributed by atoms with van der Waals surface area (Å²) >= 11 is 0. The van der Waals surface area contributed by atoms with Crippen molar-refractivity contribution in [3.05, 3.63) is 0 Å². The molecule has 0 amide bonds. The Morgan fingerprint density at radius 2 is 1.81 bits per heavy atom. The SMILES string of the molecule is CC1CCCC(C)N1CCC1CCCC1=O. The van der Waals surface area contributed by atoms with Crippen LogP contribution < -0.4 is 0 Å². The molecule has 1 aliphatic carbocycles. The van der Waals surface area contributed by atoms with Crippen molar-refractivity contribution in [1.29, 1.82) is 0 Å². The zero-order chi connectivity index (χ0) is 11.5. The molecule has 3 unspecified atom stereocenters. The fourth-order valence-corrected chi connectivity index (χ4v) is 3.41. The number of hydrogen-bond donors (Lipinski definition) is 0. The lowest BCUT2D eigenvalue weighted by atomic mass is 9.95. The maximum atomic E-state index is 11.6. The third-order valence-electron chi connectivity index (χ3n) is 4.54. The third kappa shape index (κ3) is 2.65. The summed E-state index contributed by atoms with van der Waals surface area (Å²) in [6.45, 7) is 5.82. The van der Waals surface area contributed by atoms with Crippen LogP contribution in [-0.4, -0.2) is 29.3 Å². The summed E-state index contributed by atoms with van der Waals surface area (Å²) < 4.78 is 0. The number of piperidine rings is 1. The predicted octanol–water partition coefficient (Wildman–Crippen LogP) is 3.01. The van der Waals surface area contributed by atoms with Crippen LogP contribution in [0.4, 0.5) is 0 Å². The van der Waals surface area contributed by atoms with E-state index in [0.29, 0.717) is 11.7 Å². The van der Waals surface area contributed by atoms with E-state index in [2.05, 4.69) is 18.7 Å². The fraction of sp³-hybridized carbons (Fsp3) is 0.929. The highest BCUT2D eigenvalue weighted by molar-refractivity contribution is 5.82. The summed E-state index contributed by atoms with van der Waals surface area (Å²) in [6.07, 6.45) is 8.28. The van der Waals surface area contributed by atoms with Gasteiger partial charge in [-0.25, -0.2) is 0 Å². The molecular weight excluding hydrogens is 198 g/mol. The molecule has 1 aliphatic heterocycles. The molecule has 2 rings (SSSR count). The lowest BCUT2D eigenvalue weighted by Crippen LogP contribution is -2.44. The Labute approximate surface area is 99.4 Å². The number of likely N-dealkylation sites (tertiary alicyclic amines) is 1. The van der Waals surface area contributed by atoms with E-state index in [1.165, 1.54) is 19.3 Å². The average Bonchev–Trinajstić information content (AvgIpc) is 2.64. The number of ketones is 1. The van der Waals surface area contributed by atoms with E-state index in [-0.39, 0.29) is 0 Å². The van der Waals surface area contributed by atoms with Crippen LogP contribution in [0.1, 0.15) is 58.8 Å². The summed E-state index contributed by atoms with van der Waals surface area (Å²) in [6, 6.07) is 1.44. The van der Waals surface area contributed by atoms with Crippen LogP contribution in [0.5, 0.6) is 0 Å². The quantitative estimate of drug-likeness (QED) is 0.733. The van der Waals surface area contributed by atoms with Crippen molar-refractivity contribution < 1.29 is 4.79 Å². The number of hydrogen-bond acceptors (Lipinski definition) is 2. The summed E-state index contributed by atoms with van der Waals surface area (Å²) in [5.74, 6) is 0.915. The highest BCUT2D eigenvalue weighted by Crippen LogP contribution is 2.27. The molecule has 0 aromatic carbocycles. The Bertz CT molecular complexity index is 241. The van der Waals surface area contributed by atoms with Crippen LogP contribution in [-0.2, 0) is 4.79 Å². The van der Waals surface area contributed by atoms with Gasteiger partial charge in [0.2, 0.25) is 0 Å². The molecule has 2 aliphatic rings. The number of rotatable bonds is 3. The second-order valence-corrected chi connectivity index (χ2v) is 5.71. The molecule has 2 heteroatoms. The van der Waals surface area contributed by atoms with E-state index in [0.717, 1.165) is 44.3 Å². The fourth-order valence-electron chi connectivity index (χ4n) is 3.41. The van der Waals surface area contributed by atoms with Crippen molar-refractivity contribution >= 4 is 5.78 Å². The first-order valence-electron chi connectivity index (χ1n) is 6.97. The molecule has 0 radical (unpaired) electrons. The van der Waals surface area contributed by atoms with E-state index in [1.807, 2.05) is 0 Å². The van der Waals surface area contributed by atoms with Crippen molar-refractivity contribution in [3.63, 3.8) is 0 Å². The molecule has 2 fully saturated rings. The van der Waals surface area contributed by atoms with Gasteiger partial charge >= 0.3 is 0 Å². The van der Waals surface area contributed by atoms with Crippen LogP contribution in [0.25, 0.3) is 0 Å². The first-order chi connectivity index (χ1) is 7.68. The van der Waals surface area contributed by atoms with Gasteiger partial charge in [0.1, 0.15) is 5.78 Å². The van der Waals surface area contributed by atoms with E-state index in [4.69, 9.17) is 0 Å². The van der Waals surface area contributed by atoms with E-state index in [1.54, 1.807) is 0 Å². The molecule has 0 aromatic heterocycles. The van der Waals surface area contributed by atoms with E-state index in [9.17, 15) is 4.79 Å². The maximum Gasteiger partial charge on any atom is 0.136 e. The van der Waals surface area contributed by atoms with Crippen molar-refractivity contribution in [1.82, 2.24) is 4.90 Å². The first-order valence-corrected chi connectivity index (χ1v) is 6.97. The normalized spacial score (nSPS) is 36.9. The van der Waals surface area contributed by atoms with Gasteiger partial charge in [-0.15, -0.1) is 0 Å². The standard InChI is InChI=1S/C14H25NO/c1-11-5-3-6-12(2)15(11)10-9-13-7-4-8-14(13)16/h11-13H,3-10H2,1-2H3. The minimum Gasteiger partial charge on any atom is -0.299 e. The Balaban J connectivity index is 1.81. The average molecular weight is 223 g/mol. The van der Waals surface area contributed by atoms with Gasteiger partial charge in [-0.3, -0.25) is 9.69 Å². The summed E-state index contributed by atoms with van der Waals surface area (Å²) in [5, 5.41) is 0. The van der Waals surface area contributed by atoms with Crippen molar-refractivity contribution in [3.8, 4) is 0 Å². The molecule has 0 aromatic rings. The molecule has 2 nitrogen and oxygen atoms in total. The summed E-state index contributed by atoms with van der Waals surface area (Å²) in [5.41, 5.74) is 0. The molecular formula is C14H25NO. The maximum absolute atomic E-state index is 11.6. The largest absolute Gasteiger partial charge is 0.299 e. The molecule has 1 saturated carbocycles. The van der Waals surface area contributed by atoms with Gasteiger partial charge in [-0.2, -0.15) is 0 Å². The van der Waals surface area contributed by atoms with Gasteiger partial charge in [0, 0.05) is 24.4 Å². The number of carbonyl (C=O) groups is 1. The molecule has 1 saturated heterocycles. The second-order valence-electron chi connectivity index (χ2n) is 5.71. The first kappa shape index (κ1) is 12.1. The van der Waals surface area contributed by atoms with Crippen molar-refractivity contribution in [2.45, 2.75) is 70.9 Å². The highest BCUT2D eigenvalue weighted by Gasteiger charge is 2.28. The minimum atomic E-state index is 0.390. The molecule has 0 bridgehead atoms. The zero-order valence-corrected chi connectivity index (χ0v) is 10.7. The molecule has 3 atom stereocenters. The zero-order valence-electron chi connectivity index (χ0n) is 10.7. The predicted molar refractivity (Wildman–Crippen MR) is 66.4 cm³/mol. The molecule has 92 valence electrons. The summed E-state index contributed by atoms with van der Waals surface area (Å²) in [7, 11) is 0. The topological polar surface area (TPSA) is 20.3 Å².